The SMILES string of the molecule is CCCCCN(CCC(=O)Nc1ccccc1OC)C(C)=O. The number of hydrogen-bond acceptors (Lipinski definition) is 3. The Morgan fingerprint density at radius 2 is 1.91 bits per heavy atom. The Morgan fingerprint density at radius 3 is 2.55 bits per heavy atom. The number of rotatable bonds is 9. The summed E-state index contributed by atoms with van der Waals surface area (Å²) in [6.45, 7) is 4.83. The maximum Gasteiger partial charge on any atom is 0.226 e. The fraction of sp³-hybridized carbons (Fsp3) is 0.529. The highest BCUT2D eigenvalue weighted by molar-refractivity contribution is 5.92. The molecule has 0 fully saturated rings. The van der Waals surface area contributed by atoms with Gasteiger partial charge in [-0.15, -0.1) is 0 Å². The van der Waals surface area contributed by atoms with Gasteiger partial charge in [-0.25, -0.2) is 0 Å². The van der Waals surface area contributed by atoms with Gasteiger partial charge in [0.15, 0.2) is 0 Å². The van der Waals surface area contributed by atoms with Gasteiger partial charge in [0.05, 0.1) is 12.8 Å². The van der Waals surface area contributed by atoms with Crippen molar-refractivity contribution >= 4 is 17.5 Å². The van der Waals surface area contributed by atoms with Crippen LogP contribution >= 0.6 is 0 Å². The van der Waals surface area contributed by atoms with E-state index < -0.39 is 0 Å². The molecule has 0 aliphatic carbocycles. The highest BCUT2D eigenvalue weighted by atomic mass is 16.5. The summed E-state index contributed by atoms with van der Waals surface area (Å²) in [4.78, 5) is 25.4. The van der Waals surface area contributed by atoms with Gasteiger partial charge in [0.25, 0.3) is 0 Å². The third-order valence-electron chi connectivity index (χ3n) is 3.47. The molecular formula is C17H26N2O3. The average molecular weight is 306 g/mol. The lowest BCUT2D eigenvalue weighted by molar-refractivity contribution is -0.129. The number of unbranched alkanes of at least 4 members (excludes halogenated alkanes) is 2. The molecule has 2 amide bonds. The molecule has 0 spiro atoms. The van der Waals surface area contributed by atoms with Crippen LogP contribution in [0.1, 0.15) is 39.5 Å². The van der Waals surface area contributed by atoms with Gasteiger partial charge in [-0.3, -0.25) is 9.59 Å². The average Bonchev–Trinajstić information content (AvgIpc) is 2.50. The Morgan fingerprint density at radius 1 is 1.18 bits per heavy atom. The van der Waals surface area contributed by atoms with Crippen molar-refractivity contribution in [1.29, 1.82) is 0 Å². The smallest absolute Gasteiger partial charge is 0.226 e. The second-order valence-electron chi connectivity index (χ2n) is 5.21. The maximum atomic E-state index is 12.0. The number of carbonyl (C=O) groups excluding carboxylic acids is 2. The van der Waals surface area contributed by atoms with E-state index in [4.69, 9.17) is 4.74 Å². The lowest BCUT2D eigenvalue weighted by Crippen LogP contribution is -2.32. The van der Waals surface area contributed by atoms with E-state index in [0.29, 0.717) is 24.5 Å². The predicted molar refractivity (Wildman–Crippen MR) is 88.0 cm³/mol. The lowest BCUT2D eigenvalue weighted by atomic mass is 10.2. The van der Waals surface area contributed by atoms with E-state index in [1.54, 1.807) is 31.1 Å². The fourth-order valence-corrected chi connectivity index (χ4v) is 2.18. The van der Waals surface area contributed by atoms with Crippen molar-refractivity contribution in [1.82, 2.24) is 4.90 Å². The second kappa shape index (κ2) is 9.82. The first-order valence-corrected chi connectivity index (χ1v) is 7.76. The van der Waals surface area contributed by atoms with Crippen LogP contribution in [0.5, 0.6) is 5.75 Å². The minimum atomic E-state index is -0.119. The Kier molecular flexibility index (Phi) is 8.04. The molecule has 0 aromatic heterocycles. The first-order chi connectivity index (χ1) is 10.6. The van der Waals surface area contributed by atoms with Gasteiger partial charge < -0.3 is 15.0 Å². The summed E-state index contributed by atoms with van der Waals surface area (Å²) in [5.74, 6) is 0.523. The molecule has 0 aliphatic heterocycles. The quantitative estimate of drug-likeness (QED) is 0.713. The van der Waals surface area contributed by atoms with Gasteiger partial charge in [-0.05, 0) is 18.6 Å². The summed E-state index contributed by atoms with van der Waals surface area (Å²) in [5.41, 5.74) is 0.648. The largest absolute Gasteiger partial charge is 0.495 e. The van der Waals surface area contributed by atoms with Crippen molar-refractivity contribution < 1.29 is 14.3 Å². The van der Waals surface area contributed by atoms with Crippen molar-refractivity contribution in [3.05, 3.63) is 24.3 Å². The number of hydrogen-bond donors (Lipinski definition) is 1. The summed E-state index contributed by atoms with van der Waals surface area (Å²) in [6.07, 6.45) is 3.46. The van der Waals surface area contributed by atoms with E-state index in [1.807, 2.05) is 12.1 Å². The van der Waals surface area contributed by atoms with Crippen LogP contribution in [-0.2, 0) is 9.59 Å². The van der Waals surface area contributed by atoms with Crippen molar-refractivity contribution in [2.24, 2.45) is 0 Å². The number of benzene rings is 1. The third-order valence-corrected chi connectivity index (χ3v) is 3.47. The molecule has 122 valence electrons. The van der Waals surface area contributed by atoms with E-state index >= 15 is 0 Å². The number of ether oxygens (including phenoxy) is 1. The highest BCUT2D eigenvalue weighted by Crippen LogP contribution is 2.23. The van der Waals surface area contributed by atoms with Crippen LogP contribution in [-0.4, -0.2) is 36.9 Å². The minimum Gasteiger partial charge on any atom is -0.495 e. The van der Waals surface area contributed by atoms with Crippen LogP contribution in [0.3, 0.4) is 0 Å². The van der Waals surface area contributed by atoms with E-state index in [0.717, 1.165) is 19.3 Å². The normalized spacial score (nSPS) is 10.1. The molecule has 0 aliphatic rings. The molecule has 0 heterocycles. The maximum absolute atomic E-state index is 12.0. The van der Waals surface area contributed by atoms with Gasteiger partial charge in [0.1, 0.15) is 5.75 Å². The zero-order valence-corrected chi connectivity index (χ0v) is 13.7. The van der Waals surface area contributed by atoms with Crippen LogP contribution in [0, 0.1) is 0 Å². The first kappa shape index (κ1) is 18.0. The Balaban J connectivity index is 2.48. The number of carbonyl (C=O) groups is 2. The molecule has 0 bridgehead atoms. The molecule has 22 heavy (non-hydrogen) atoms. The zero-order chi connectivity index (χ0) is 16.4. The molecule has 0 atom stereocenters. The Labute approximate surface area is 132 Å². The molecule has 1 aromatic rings. The fourth-order valence-electron chi connectivity index (χ4n) is 2.18. The van der Waals surface area contributed by atoms with E-state index in [-0.39, 0.29) is 18.2 Å². The van der Waals surface area contributed by atoms with Crippen LogP contribution in [0.4, 0.5) is 5.69 Å². The number of anilines is 1. The summed E-state index contributed by atoms with van der Waals surface area (Å²) in [6, 6.07) is 7.27. The zero-order valence-electron chi connectivity index (χ0n) is 13.7. The number of amides is 2. The molecule has 5 nitrogen and oxygen atoms in total. The van der Waals surface area contributed by atoms with Crippen LogP contribution in [0.15, 0.2) is 24.3 Å². The molecule has 0 saturated heterocycles. The molecule has 5 heteroatoms. The van der Waals surface area contributed by atoms with Gasteiger partial charge in [0, 0.05) is 26.4 Å². The monoisotopic (exact) mass is 306 g/mol. The molecular weight excluding hydrogens is 280 g/mol. The molecule has 1 aromatic carbocycles. The topological polar surface area (TPSA) is 58.6 Å². The van der Waals surface area contributed by atoms with E-state index in [1.165, 1.54) is 0 Å². The Hall–Kier alpha value is -2.04. The van der Waals surface area contributed by atoms with Crippen LogP contribution < -0.4 is 10.1 Å². The molecule has 1 rings (SSSR count). The molecule has 0 unspecified atom stereocenters. The van der Waals surface area contributed by atoms with Gasteiger partial charge >= 0.3 is 0 Å². The van der Waals surface area contributed by atoms with Crippen LogP contribution in [0.25, 0.3) is 0 Å². The minimum absolute atomic E-state index is 0.0150. The summed E-state index contributed by atoms with van der Waals surface area (Å²) >= 11 is 0. The van der Waals surface area contributed by atoms with Crippen molar-refractivity contribution in [3.63, 3.8) is 0 Å². The third kappa shape index (κ3) is 6.16. The first-order valence-electron chi connectivity index (χ1n) is 7.76. The van der Waals surface area contributed by atoms with Crippen molar-refractivity contribution in [2.75, 3.05) is 25.5 Å². The van der Waals surface area contributed by atoms with Crippen molar-refractivity contribution in [3.8, 4) is 5.75 Å². The van der Waals surface area contributed by atoms with Gasteiger partial charge in [0.2, 0.25) is 11.8 Å². The molecule has 0 radical (unpaired) electrons. The summed E-state index contributed by atoms with van der Waals surface area (Å²) in [5, 5.41) is 2.82. The summed E-state index contributed by atoms with van der Waals surface area (Å²) in [7, 11) is 1.57. The molecule has 1 N–H and O–H groups in total. The lowest BCUT2D eigenvalue weighted by Gasteiger charge is -2.20. The predicted octanol–water partition coefficient (Wildman–Crippen LogP) is 3.06. The molecule has 0 saturated carbocycles. The standard InChI is InChI=1S/C17H26N2O3/c1-4-5-8-12-19(14(2)20)13-11-17(21)18-15-9-6-7-10-16(15)22-3/h6-7,9-10H,4-5,8,11-13H2,1-3H3,(H,18,21). The van der Waals surface area contributed by atoms with Crippen LogP contribution in [0.2, 0.25) is 0 Å². The Bertz CT molecular complexity index is 489. The highest BCUT2D eigenvalue weighted by Gasteiger charge is 2.12. The number of nitrogens with zero attached hydrogens (tertiary/aromatic N) is 1. The number of nitrogens with one attached hydrogen (secondary N) is 1. The van der Waals surface area contributed by atoms with Gasteiger partial charge in [-0.1, -0.05) is 31.9 Å². The van der Waals surface area contributed by atoms with Crippen molar-refractivity contribution in [2.45, 2.75) is 39.5 Å². The van der Waals surface area contributed by atoms with E-state index in [9.17, 15) is 9.59 Å². The summed E-state index contributed by atoms with van der Waals surface area (Å²) < 4.78 is 5.20. The second-order valence-corrected chi connectivity index (χ2v) is 5.21. The van der Waals surface area contributed by atoms with E-state index in [2.05, 4.69) is 12.2 Å². The number of methoxy groups -OCH3 is 1. The van der Waals surface area contributed by atoms with Gasteiger partial charge in [-0.2, -0.15) is 0 Å². The number of para-hydroxylation sites is 2.